The van der Waals surface area contributed by atoms with E-state index in [9.17, 15) is 19.1 Å². The van der Waals surface area contributed by atoms with Crippen molar-refractivity contribution in [3.8, 4) is 11.3 Å². The van der Waals surface area contributed by atoms with Gasteiger partial charge in [0.2, 0.25) is 0 Å². The highest BCUT2D eigenvalue weighted by atomic mass is 19.1. The van der Waals surface area contributed by atoms with Crippen molar-refractivity contribution in [2.24, 2.45) is 0 Å². The summed E-state index contributed by atoms with van der Waals surface area (Å²) < 4.78 is 16.2. The van der Waals surface area contributed by atoms with Crippen LogP contribution in [0.15, 0.2) is 30.5 Å². The summed E-state index contributed by atoms with van der Waals surface area (Å²) in [5.41, 5.74) is 3.19. The maximum absolute atomic E-state index is 14.6. The Morgan fingerprint density at radius 3 is 2.71 bits per heavy atom. The normalized spacial score (nSPS) is 11.0. The number of carbonyl (C=O) groups excluding carboxylic acids is 1. The van der Waals surface area contributed by atoms with Crippen LogP contribution in [0.4, 0.5) is 4.39 Å². The third-order valence-electron chi connectivity index (χ3n) is 3.88. The minimum atomic E-state index is -1.03. The predicted molar refractivity (Wildman–Crippen MR) is 86.8 cm³/mol. The molecule has 3 aromatic rings. The molecule has 2 aromatic heterocycles. The Morgan fingerprint density at radius 2 is 2.08 bits per heavy atom. The average Bonchev–Trinajstić information content (AvgIpc) is 2.83. The zero-order chi connectivity index (χ0) is 17.4. The predicted octanol–water partition coefficient (Wildman–Crippen LogP) is 3.20. The van der Waals surface area contributed by atoms with E-state index in [-0.39, 0.29) is 23.2 Å². The molecule has 0 spiro atoms. The number of aliphatic carboxylic acids is 1. The van der Waals surface area contributed by atoms with Crippen molar-refractivity contribution < 1.29 is 19.1 Å². The van der Waals surface area contributed by atoms with Crippen LogP contribution in [0.2, 0.25) is 0 Å². The number of halogens is 1. The topological polar surface area (TPSA) is 71.7 Å². The highest BCUT2D eigenvalue weighted by molar-refractivity contribution is 5.81. The molecule has 0 saturated carbocycles. The van der Waals surface area contributed by atoms with E-state index in [2.05, 4.69) is 4.98 Å². The van der Waals surface area contributed by atoms with Gasteiger partial charge < -0.3 is 9.51 Å². The van der Waals surface area contributed by atoms with Gasteiger partial charge in [-0.05, 0) is 49.2 Å². The number of hydrogen-bond acceptors (Lipinski definition) is 3. The summed E-state index contributed by atoms with van der Waals surface area (Å²) in [5.74, 6) is -1.62. The van der Waals surface area contributed by atoms with Crippen LogP contribution in [0.3, 0.4) is 0 Å². The summed E-state index contributed by atoms with van der Waals surface area (Å²) in [4.78, 5) is 26.6. The van der Waals surface area contributed by atoms with E-state index < -0.39 is 11.8 Å². The molecule has 0 unspecified atom stereocenters. The summed E-state index contributed by atoms with van der Waals surface area (Å²) in [6, 6.07) is 6.34. The SMILES string of the molecule is Cc1ccn2c(CC(=O)O)c(-c3c(C)cc(C=O)cc3F)nc2c1. The lowest BCUT2D eigenvalue weighted by molar-refractivity contribution is -0.136. The van der Waals surface area contributed by atoms with Gasteiger partial charge in [0.25, 0.3) is 0 Å². The molecule has 122 valence electrons. The van der Waals surface area contributed by atoms with Crippen LogP contribution in [-0.4, -0.2) is 26.7 Å². The van der Waals surface area contributed by atoms with E-state index in [1.54, 1.807) is 23.6 Å². The number of aldehydes is 1. The van der Waals surface area contributed by atoms with Gasteiger partial charge in [0.15, 0.2) is 0 Å². The van der Waals surface area contributed by atoms with E-state index >= 15 is 0 Å². The first-order valence-corrected chi connectivity index (χ1v) is 7.35. The van der Waals surface area contributed by atoms with Crippen molar-refractivity contribution >= 4 is 17.9 Å². The quantitative estimate of drug-likeness (QED) is 0.747. The lowest BCUT2D eigenvalue weighted by Crippen LogP contribution is -2.05. The summed E-state index contributed by atoms with van der Waals surface area (Å²) in [6.45, 7) is 3.57. The maximum atomic E-state index is 14.6. The first kappa shape index (κ1) is 15.9. The molecule has 0 bridgehead atoms. The second-order valence-corrected chi connectivity index (χ2v) is 5.72. The number of fused-ring (bicyclic) bond motifs is 1. The Kier molecular flexibility index (Phi) is 3.89. The summed E-state index contributed by atoms with van der Waals surface area (Å²) >= 11 is 0. The molecular weight excluding hydrogens is 311 g/mol. The number of benzene rings is 1. The van der Waals surface area contributed by atoms with E-state index in [1.165, 1.54) is 0 Å². The smallest absolute Gasteiger partial charge is 0.309 e. The van der Waals surface area contributed by atoms with E-state index in [0.29, 0.717) is 23.2 Å². The number of carboxylic acids is 1. The molecule has 0 aliphatic carbocycles. The standard InChI is InChI=1S/C18H15FN2O3/c1-10-3-4-21-14(8-16(23)24)18(20-15(21)5-10)17-11(2)6-12(9-22)7-13(17)19/h3-7,9H,8H2,1-2H3,(H,23,24). The van der Waals surface area contributed by atoms with Crippen LogP contribution in [-0.2, 0) is 11.2 Å². The van der Waals surface area contributed by atoms with Gasteiger partial charge >= 0.3 is 5.97 Å². The van der Waals surface area contributed by atoms with Gasteiger partial charge in [-0.25, -0.2) is 9.37 Å². The number of aryl methyl sites for hydroxylation is 2. The molecule has 0 amide bonds. The van der Waals surface area contributed by atoms with Crippen molar-refractivity contribution in [2.45, 2.75) is 20.3 Å². The summed E-state index contributed by atoms with van der Waals surface area (Å²) in [5, 5.41) is 9.21. The number of carbonyl (C=O) groups is 2. The van der Waals surface area contributed by atoms with E-state index in [4.69, 9.17) is 0 Å². The molecule has 24 heavy (non-hydrogen) atoms. The Balaban J connectivity index is 2.33. The fourth-order valence-electron chi connectivity index (χ4n) is 2.85. The minimum Gasteiger partial charge on any atom is -0.481 e. The van der Waals surface area contributed by atoms with Crippen LogP contribution in [0.25, 0.3) is 16.9 Å². The highest BCUT2D eigenvalue weighted by Crippen LogP contribution is 2.31. The molecule has 3 rings (SSSR count). The number of rotatable bonds is 4. The fourth-order valence-corrected chi connectivity index (χ4v) is 2.85. The highest BCUT2D eigenvalue weighted by Gasteiger charge is 2.21. The Hall–Kier alpha value is -3.02. The third-order valence-corrected chi connectivity index (χ3v) is 3.88. The Morgan fingerprint density at radius 1 is 1.33 bits per heavy atom. The van der Waals surface area contributed by atoms with Crippen LogP contribution >= 0.6 is 0 Å². The molecule has 5 nitrogen and oxygen atoms in total. The van der Waals surface area contributed by atoms with Gasteiger partial charge in [-0.2, -0.15) is 0 Å². The molecule has 6 heteroatoms. The average molecular weight is 326 g/mol. The maximum Gasteiger partial charge on any atom is 0.309 e. The first-order valence-electron chi connectivity index (χ1n) is 7.35. The molecule has 2 heterocycles. The van der Waals surface area contributed by atoms with Crippen LogP contribution in [0.5, 0.6) is 0 Å². The van der Waals surface area contributed by atoms with Crippen molar-refractivity contribution in [1.82, 2.24) is 9.38 Å². The van der Waals surface area contributed by atoms with Gasteiger partial charge in [-0.1, -0.05) is 0 Å². The van der Waals surface area contributed by atoms with Gasteiger partial charge in [0, 0.05) is 17.3 Å². The number of carboxylic acid groups (broad SMARTS) is 1. The second kappa shape index (κ2) is 5.88. The number of hydrogen-bond donors (Lipinski definition) is 1. The Labute approximate surface area is 137 Å². The van der Waals surface area contributed by atoms with Crippen LogP contribution < -0.4 is 0 Å². The zero-order valence-electron chi connectivity index (χ0n) is 13.2. The van der Waals surface area contributed by atoms with Gasteiger partial charge in [0.1, 0.15) is 17.8 Å². The molecule has 1 aromatic carbocycles. The largest absolute Gasteiger partial charge is 0.481 e. The lowest BCUT2D eigenvalue weighted by atomic mass is 10.00. The van der Waals surface area contributed by atoms with Crippen molar-refractivity contribution in [3.63, 3.8) is 0 Å². The lowest BCUT2D eigenvalue weighted by Gasteiger charge is -2.08. The van der Waals surface area contributed by atoms with Gasteiger partial charge in [0.05, 0.1) is 17.8 Å². The van der Waals surface area contributed by atoms with Gasteiger partial charge in [-0.3, -0.25) is 9.59 Å². The van der Waals surface area contributed by atoms with Crippen molar-refractivity contribution in [3.05, 3.63) is 58.7 Å². The minimum absolute atomic E-state index is 0.221. The van der Waals surface area contributed by atoms with Crippen molar-refractivity contribution in [2.75, 3.05) is 0 Å². The van der Waals surface area contributed by atoms with Crippen molar-refractivity contribution in [1.29, 1.82) is 0 Å². The number of pyridine rings is 1. The Bertz CT molecular complexity index is 953. The monoisotopic (exact) mass is 326 g/mol. The molecule has 0 fully saturated rings. The zero-order valence-corrected chi connectivity index (χ0v) is 13.2. The molecule has 0 aliphatic heterocycles. The number of nitrogens with zero attached hydrogens (tertiary/aromatic N) is 2. The van der Waals surface area contributed by atoms with Crippen LogP contribution in [0, 0.1) is 19.7 Å². The summed E-state index contributed by atoms with van der Waals surface area (Å²) in [6.07, 6.45) is 2.02. The first-order chi connectivity index (χ1) is 11.4. The number of imidazole rings is 1. The van der Waals surface area contributed by atoms with Crippen LogP contribution in [0.1, 0.15) is 27.2 Å². The fraction of sp³-hybridized carbons (Fsp3) is 0.167. The second-order valence-electron chi connectivity index (χ2n) is 5.72. The molecule has 1 N–H and O–H groups in total. The molecular formula is C18H15FN2O3. The molecule has 0 atom stereocenters. The van der Waals surface area contributed by atoms with E-state index in [0.717, 1.165) is 11.6 Å². The summed E-state index contributed by atoms with van der Waals surface area (Å²) in [7, 11) is 0. The number of aromatic nitrogens is 2. The molecule has 0 saturated heterocycles. The molecule has 0 aliphatic rings. The third kappa shape index (κ3) is 2.67. The van der Waals surface area contributed by atoms with Gasteiger partial charge in [-0.15, -0.1) is 0 Å². The molecule has 0 radical (unpaired) electrons. The van der Waals surface area contributed by atoms with E-state index in [1.807, 2.05) is 19.1 Å².